The van der Waals surface area contributed by atoms with Gasteiger partial charge >= 0.3 is 0 Å². The summed E-state index contributed by atoms with van der Waals surface area (Å²) in [6.07, 6.45) is 5.50. The van der Waals surface area contributed by atoms with Crippen molar-refractivity contribution in [2.24, 2.45) is 4.99 Å². The van der Waals surface area contributed by atoms with E-state index in [0.717, 1.165) is 11.3 Å². The Morgan fingerprint density at radius 2 is 2.44 bits per heavy atom. The quantitative estimate of drug-likeness (QED) is 0.522. The number of anilines is 1. The minimum Gasteiger partial charge on any atom is -0.365 e. The Bertz CT molecular complexity index is 236. The molecule has 2 heterocycles. The predicted molar refractivity (Wildman–Crippen MR) is 35.3 cm³/mol. The van der Waals surface area contributed by atoms with E-state index in [2.05, 4.69) is 22.0 Å². The van der Waals surface area contributed by atoms with Crippen LogP contribution in [0, 0.1) is 6.67 Å². The molecule has 0 unspecified atom stereocenters. The lowest BCUT2D eigenvalue weighted by Crippen LogP contribution is -1.99. The number of aromatic nitrogens is 1. The Morgan fingerprint density at radius 1 is 1.44 bits per heavy atom. The Balaban J connectivity index is 2.53. The van der Waals surface area contributed by atoms with Crippen molar-refractivity contribution < 1.29 is 0 Å². The third kappa shape index (κ3) is 0.614. The lowest BCUT2D eigenvalue weighted by Gasteiger charge is -2.02. The fraction of sp³-hybridized carbons (Fsp3) is 0. The van der Waals surface area contributed by atoms with Gasteiger partial charge in [0.15, 0.2) is 0 Å². The number of nitrogens with one attached hydrogen (secondary N) is 2. The molecule has 2 N–H and O–H groups in total. The van der Waals surface area contributed by atoms with Crippen LogP contribution in [0.2, 0.25) is 0 Å². The van der Waals surface area contributed by atoms with Gasteiger partial charge in [-0.15, -0.1) is 0 Å². The van der Waals surface area contributed by atoms with E-state index in [0.29, 0.717) is 0 Å². The highest BCUT2D eigenvalue weighted by atomic mass is 15.0. The van der Waals surface area contributed by atoms with E-state index in [1.165, 1.54) is 0 Å². The van der Waals surface area contributed by atoms with Crippen molar-refractivity contribution in [1.82, 2.24) is 4.98 Å². The lowest BCUT2D eigenvalue weighted by molar-refractivity contribution is 1.30. The third-order valence-electron chi connectivity index (χ3n) is 1.24. The fourth-order valence-corrected chi connectivity index (χ4v) is 0.785. The van der Waals surface area contributed by atoms with Crippen LogP contribution in [0.15, 0.2) is 17.4 Å². The second kappa shape index (κ2) is 1.62. The van der Waals surface area contributed by atoms with Crippen LogP contribution in [0.3, 0.4) is 0 Å². The average Bonchev–Trinajstić information content (AvgIpc) is 2.33. The molecule has 0 fully saturated rings. The summed E-state index contributed by atoms with van der Waals surface area (Å²) in [7, 11) is 0. The number of aliphatic imine (C=N–C) groups is 1. The fourth-order valence-electron chi connectivity index (χ4n) is 0.785. The summed E-state index contributed by atoms with van der Waals surface area (Å²) in [6.45, 7) is 2.63. The van der Waals surface area contributed by atoms with Gasteiger partial charge in [-0.3, -0.25) is 4.99 Å². The smallest absolute Gasteiger partial charge is 0.226 e. The molecule has 3 heteroatoms. The summed E-state index contributed by atoms with van der Waals surface area (Å²) >= 11 is 0. The number of hydrogen-bond acceptors (Lipinski definition) is 2. The molecule has 0 saturated heterocycles. The molecule has 0 bridgehead atoms. The minimum atomic E-state index is 1.03. The lowest BCUT2D eigenvalue weighted by atomic mass is 10.3. The van der Waals surface area contributed by atoms with Gasteiger partial charge in [0.05, 0.1) is 5.69 Å². The molecule has 9 heavy (non-hydrogen) atoms. The number of fused-ring (bicyclic) bond motifs is 1. The van der Waals surface area contributed by atoms with Crippen LogP contribution in [-0.2, 0) is 0 Å². The van der Waals surface area contributed by atoms with Crippen molar-refractivity contribution in [2.75, 3.05) is 5.32 Å². The zero-order valence-corrected chi connectivity index (χ0v) is 4.68. The highest BCUT2D eigenvalue weighted by molar-refractivity contribution is 5.89. The molecule has 0 saturated carbocycles. The molecular weight excluding hydrogens is 114 g/mol. The van der Waals surface area contributed by atoms with Crippen molar-refractivity contribution >= 4 is 11.9 Å². The van der Waals surface area contributed by atoms with Gasteiger partial charge in [-0.25, -0.2) is 0 Å². The predicted octanol–water partition coefficient (Wildman–Crippen LogP) is 0.855. The molecule has 3 nitrogen and oxygen atoms in total. The minimum absolute atomic E-state index is 1.03. The van der Waals surface area contributed by atoms with E-state index >= 15 is 0 Å². The summed E-state index contributed by atoms with van der Waals surface area (Å²) < 4.78 is 0. The summed E-state index contributed by atoms with van der Waals surface area (Å²) in [4.78, 5) is 6.73. The van der Waals surface area contributed by atoms with E-state index in [1.807, 2.05) is 12.4 Å². The summed E-state index contributed by atoms with van der Waals surface area (Å²) in [6, 6.07) is 0. The van der Waals surface area contributed by atoms with Gasteiger partial charge in [0.1, 0.15) is 0 Å². The van der Waals surface area contributed by atoms with Gasteiger partial charge < -0.3 is 10.3 Å². The molecule has 1 aliphatic rings. The standard InChI is InChI=1S/C6H5N3/c1-5-2-8-4-9-6(5)3-7-1/h1-3,7,9H. The van der Waals surface area contributed by atoms with Crippen molar-refractivity contribution in [3.8, 4) is 0 Å². The van der Waals surface area contributed by atoms with Crippen LogP contribution >= 0.6 is 0 Å². The zero-order valence-electron chi connectivity index (χ0n) is 4.68. The molecule has 1 aliphatic heterocycles. The molecule has 0 atom stereocenters. The van der Waals surface area contributed by atoms with Gasteiger partial charge in [0.2, 0.25) is 6.67 Å². The van der Waals surface area contributed by atoms with Gasteiger partial charge in [-0.05, 0) is 0 Å². The first-order chi connectivity index (χ1) is 4.47. The summed E-state index contributed by atoms with van der Waals surface area (Å²) in [5.41, 5.74) is 2.11. The van der Waals surface area contributed by atoms with Crippen LogP contribution in [0.4, 0.5) is 5.69 Å². The molecular formula is C6H5N3. The second-order valence-electron chi connectivity index (χ2n) is 1.82. The number of nitrogens with zero attached hydrogens (tertiary/aromatic N) is 1. The van der Waals surface area contributed by atoms with Gasteiger partial charge in [0, 0.05) is 24.2 Å². The second-order valence-corrected chi connectivity index (χ2v) is 1.82. The normalized spacial score (nSPS) is 14.7. The Morgan fingerprint density at radius 3 is 3.33 bits per heavy atom. The third-order valence-corrected chi connectivity index (χ3v) is 1.24. The Hall–Kier alpha value is -1.25. The number of aromatic amines is 1. The summed E-state index contributed by atoms with van der Waals surface area (Å²) in [5.74, 6) is 0. The van der Waals surface area contributed by atoms with Gasteiger partial charge in [-0.2, -0.15) is 0 Å². The molecule has 2 rings (SSSR count). The van der Waals surface area contributed by atoms with Gasteiger partial charge in [0.25, 0.3) is 0 Å². The van der Waals surface area contributed by atoms with E-state index in [9.17, 15) is 0 Å². The monoisotopic (exact) mass is 119 g/mol. The van der Waals surface area contributed by atoms with Crippen LogP contribution in [-0.4, -0.2) is 11.2 Å². The van der Waals surface area contributed by atoms with Gasteiger partial charge in [-0.1, -0.05) is 0 Å². The molecule has 1 aromatic rings. The largest absolute Gasteiger partial charge is 0.365 e. The SMILES string of the molecule is [C]1N=Cc2c[nH]cc2N1. The van der Waals surface area contributed by atoms with Crippen molar-refractivity contribution in [2.45, 2.75) is 0 Å². The summed E-state index contributed by atoms with van der Waals surface area (Å²) in [5, 5.41) is 2.86. The number of H-pyrrole nitrogens is 1. The van der Waals surface area contributed by atoms with Crippen LogP contribution < -0.4 is 5.32 Å². The van der Waals surface area contributed by atoms with Crippen molar-refractivity contribution in [1.29, 1.82) is 0 Å². The highest BCUT2D eigenvalue weighted by Gasteiger charge is 2.03. The zero-order chi connectivity index (χ0) is 6.10. The molecule has 0 spiro atoms. The maximum absolute atomic E-state index is 3.78. The topological polar surface area (TPSA) is 40.2 Å². The number of hydrogen-bond donors (Lipinski definition) is 2. The molecule has 44 valence electrons. The average molecular weight is 119 g/mol. The first-order valence-electron chi connectivity index (χ1n) is 2.68. The van der Waals surface area contributed by atoms with E-state index < -0.39 is 0 Å². The molecule has 0 aromatic carbocycles. The molecule has 2 radical (unpaired) electrons. The Labute approximate surface area is 52.8 Å². The first kappa shape index (κ1) is 4.61. The number of rotatable bonds is 0. The maximum Gasteiger partial charge on any atom is 0.226 e. The molecule has 1 aromatic heterocycles. The highest BCUT2D eigenvalue weighted by Crippen LogP contribution is 2.15. The Kier molecular flexibility index (Phi) is 0.828. The van der Waals surface area contributed by atoms with Crippen molar-refractivity contribution in [3.05, 3.63) is 24.6 Å². The molecule has 0 amide bonds. The van der Waals surface area contributed by atoms with E-state index in [1.54, 1.807) is 6.21 Å². The first-order valence-corrected chi connectivity index (χ1v) is 2.68. The van der Waals surface area contributed by atoms with Crippen LogP contribution in [0.5, 0.6) is 0 Å². The maximum atomic E-state index is 3.78. The van der Waals surface area contributed by atoms with Crippen LogP contribution in [0.1, 0.15) is 5.56 Å². The van der Waals surface area contributed by atoms with Crippen molar-refractivity contribution in [3.63, 3.8) is 0 Å². The van der Waals surface area contributed by atoms with E-state index in [-0.39, 0.29) is 0 Å². The molecule has 0 aliphatic carbocycles. The van der Waals surface area contributed by atoms with E-state index in [4.69, 9.17) is 0 Å². The van der Waals surface area contributed by atoms with Crippen LogP contribution in [0.25, 0.3) is 0 Å².